The summed E-state index contributed by atoms with van der Waals surface area (Å²) in [7, 11) is 0. The van der Waals surface area contributed by atoms with Gasteiger partial charge >= 0.3 is 6.18 Å². The summed E-state index contributed by atoms with van der Waals surface area (Å²) < 4.78 is 43.1. The first-order chi connectivity index (χ1) is 8.55. The third kappa shape index (κ3) is 3.71. The number of alkyl halides is 3. The van der Waals surface area contributed by atoms with Gasteiger partial charge in [0, 0.05) is 6.54 Å². The summed E-state index contributed by atoms with van der Waals surface area (Å²) in [4.78, 5) is 0. The van der Waals surface area contributed by atoms with E-state index < -0.39 is 11.7 Å². The second-order valence-electron chi connectivity index (χ2n) is 4.48. The van der Waals surface area contributed by atoms with Crippen LogP contribution in [0.5, 0.6) is 0 Å². The lowest BCUT2D eigenvalue weighted by Gasteiger charge is -2.23. The molecule has 2 nitrogen and oxygen atoms in total. The van der Waals surface area contributed by atoms with E-state index in [9.17, 15) is 13.2 Å². The first-order valence-electron chi connectivity index (χ1n) is 6.04. The fourth-order valence-corrected chi connectivity index (χ4v) is 2.01. The zero-order valence-electron chi connectivity index (χ0n) is 9.96. The van der Waals surface area contributed by atoms with E-state index in [1.54, 1.807) is 6.07 Å². The molecule has 18 heavy (non-hydrogen) atoms. The minimum absolute atomic E-state index is 0.105. The average molecular weight is 259 g/mol. The fourth-order valence-electron chi connectivity index (χ4n) is 2.01. The highest BCUT2D eigenvalue weighted by Crippen LogP contribution is 2.29. The van der Waals surface area contributed by atoms with Gasteiger partial charge in [-0.25, -0.2) is 0 Å². The smallest absolute Gasteiger partial charge is 0.372 e. The van der Waals surface area contributed by atoms with Gasteiger partial charge in [0.2, 0.25) is 0 Å². The maximum absolute atomic E-state index is 12.5. The molecule has 0 aliphatic carbocycles. The molecule has 2 rings (SSSR count). The van der Waals surface area contributed by atoms with Crippen LogP contribution in [0.1, 0.15) is 24.0 Å². The van der Waals surface area contributed by atoms with Crippen LogP contribution in [-0.2, 0) is 17.5 Å². The standard InChI is InChI=1S/C13H16F3NO/c14-13(15,16)11-4-1-3-10(7-11)9-18-12-5-2-6-17-8-12/h1,3-4,7,12,17H,2,5-6,8-9H2. The van der Waals surface area contributed by atoms with Gasteiger partial charge < -0.3 is 10.1 Å². The zero-order chi connectivity index (χ0) is 13.0. The first kappa shape index (κ1) is 13.4. The molecule has 100 valence electrons. The molecule has 0 aromatic heterocycles. The number of rotatable bonds is 3. The number of nitrogens with one attached hydrogen (secondary N) is 1. The van der Waals surface area contributed by atoms with Crippen molar-refractivity contribution in [3.05, 3.63) is 35.4 Å². The van der Waals surface area contributed by atoms with E-state index in [0.717, 1.165) is 38.1 Å². The minimum Gasteiger partial charge on any atom is -0.372 e. The molecule has 1 aromatic carbocycles. The number of halogens is 3. The predicted octanol–water partition coefficient (Wildman–Crippen LogP) is 2.97. The van der Waals surface area contributed by atoms with Crippen molar-refractivity contribution in [2.75, 3.05) is 13.1 Å². The highest BCUT2D eigenvalue weighted by molar-refractivity contribution is 5.25. The highest BCUT2D eigenvalue weighted by Gasteiger charge is 2.30. The Labute approximate surface area is 104 Å². The molecular formula is C13H16F3NO. The van der Waals surface area contributed by atoms with Crippen molar-refractivity contribution in [3.63, 3.8) is 0 Å². The molecular weight excluding hydrogens is 243 g/mol. The molecule has 1 aromatic rings. The summed E-state index contributed by atoms with van der Waals surface area (Å²) >= 11 is 0. The fraction of sp³-hybridized carbons (Fsp3) is 0.538. The Bertz CT molecular complexity index is 386. The van der Waals surface area contributed by atoms with Crippen LogP contribution in [0.25, 0.3) is 0 Å². The lowest BCUT2D eigenvalue weighted by Crippen LogP contribution is -2.35. The van der Waals surface area contributed by atoms with E-state index in [2.05, 4.69) is 5.32 Å². The summed E-state index contributed by atoms with van der Waals surface area (Å²) in [5, 5.41) is 3.20. The normalized spacial score (nSPS) is 20.9. The Morgan fingerprint density at radius 2 is 2.17 bits per heavy atom. The van der Waals surface area contributed by atoms with Gasteiger partial charge in [-0.2, -0.15) is 13.2 Å². The van der Waals surface area contributed by atoms with Gasteiger partial charge in [-0.3, -0.25) is 0 Å². The van der Waals surface area contributed by atoms with Crippen molar-refractivity contribution in [2.24, 2.45) is 0 Å². The van der Waals surface area contributed by atoms with Crippen molar-refractivity contribution in [1.82, 2.24) is 5.32 Å². The Balaban J connectivity index is 1.92. The van der Waals surface area contributed by atoms with E-state index in [-0.39, 0.29) is 12.7 Å². The number of ether oxygens (including phenoxy) is 1. The van der Waals surface area contributed by atoms with Crippen LogP contribution in [0.2, 0.25) is 0 Å². The van der Waals surface area contributed by atoms with Gasteiger partial charge in [0.05, 0.1) is 18.3 Å². The number of hydrogen-bond acceptors (Lipinski definition) is 2. The SMILES string of the molecule is FC(F)(F)c1cccc(COC2CCCNC2)c1. The first-order valence-corrected chi connectivity index (χ1v) is 6.04. The summed E-state index contributed by atoms with van der Waals surface area (Å²) in [6, 6.07) is 5.30. The number of piperidine rings is 1. The van der Waals surface area contributed by atoms with E-state index in [1.807, 2.05) is 0 Å². The summed E-state index contributed by atoms with van der Waals surface area (Å²) in [6.07, 6.45) is -2.17. The van der Waals surface area contributed by atoms with Crippen LogP contribution in [-0.4, -0.2) is 19.2 Å². The van der Waals surface area contributed by atoms with Gasteiger partial charge in [-0.15, -0.1) is 0 Å². The van der Waals surface area contributed by atoms with Crippen molar-refractivity contribution in [2.45, 2.75) is 31.7 Å². The second-order valence-corrected chi connectivity index (χ2v) is 4.48. The van der Waals surface area contributed by atoms with Crippen molar-refractivity contribution in [3.8, 4) is 0 Å². The van der Waals surface area contributed by atoms with Crippen molar-refractivity contribution < 1.29 is 17.9 Å². The minimum atomic E-state index is -4.29. The molecule has 1 aliphatic rings. The molecule has 1 fully saturated rings. The maximum atomic E-state index is 12.5. The van der Waals surface area contributed by atoms with E-state index in [4.69, 9.17) is 4.74 Å². The van der Waals surface area contributed by atoms with Crippen LogP contribution in [0.15, 0.2) is 24.3 Å². The van der Waals surface area contributed by atoms with E-state index in [1.165, 1.54) is 6.07 Å². The third-order valence-electron chi connectivity index (χ3n) is 2.99. The lowest BCUT2D eigenvalue weighted by molar-refractivity contribution is -0.137. The molecule has 1 atom stereocenters. The van der Waals surface area contributed by atoms with Crippen LogP contribution >= 0.6 is 0 Å². The molecule has 0 bridgehead atoms. The molecule has 5 heteroatoms. The molecule has 1 unspecified atom stereocenters. The van der Waals surface area contributed by atoms with Crippen LogP contribution < -0.4 is 5.32 Å². The summed E-state index contributed by atoms with van der Waals surface area (Å²) in [5.41, 5.74) is -0.0548. The Hall–Kier alpha value is -1.07. The molecule has 1 heterocycles. The van der Waals surface area contributed by atoms with Gasteiger partial charge in [-0.05, 0) is 37.1 Å². The average Bonchev–Trinajstić information content (AvgIpc) is 2.37. The molecule has 0 saturated carbocycles. The zero-order valence-corrected chi connectivity index (χ0v) is 9.96. The van der Waals surface area contributed by atoms with Gasteiger partial charge in [-0.1, -0.05) is 12.1 Å². The number of hydrogen-bond donors (Lipinski definition) is 1. The topological polar surface area (TPSA) is 21.3 Å². The van der Waals surface area contributed by atoms with E-state index in [0.29, 0.717) is 5.56 Å². The molecule has 1 N–H and O–H groups in total. The van der Waals surface area contributed by atoms with Crippen LogP contribution in [0.3, 0.4) is 0 Å². The molecule has 1 aliphatic heterocycles. The summed E-state index contributed by atoms with van der Waals surface area (Å²) in [5.74, 6) is 0. The molecule has 0 radical (unpaired) electrons. The third-order valence-corrected chi connectivity index (χ3v) is 2.99. The Morgan fingerprint density at radius 3 is 2.83 bits per heavy atom. The van der Waals surface area contributed by atoms with Gasteiger partial charge in [0.15, 0.2) is 0 Å². The highest BCUT2D eigenvalue weighted by atomic mass is 19.4. The summed E-state index contributed by atoms with van der Waals surface area (Å²) in [6.45, 7) is 2.00. The largest absolute Gasteiger partial charge is 0.416 e. The Kier molecular flexibility index (Phi) is 4.24. The Morgan fingerprint density at radius 1 is 1.33 bits per heavy atom. The van der Waals surface area contributed by atoms with Gasteiger partial charge in [0.25, 0.3) is 0 Å². The van der Waals surface area contributed by atoms with Crippen LogP contribution in [0, 0.1) is 0 Å². The van der Waals surface area contributed by atoms with E-state index >= 15 is 0 Å². The van der Waals surface area contributed by atoms with Crippen molar-refractivity contribution in [1.29, 1.82) is 0 Å². The van der Waals surface area contributed by atoms with Crippen LogP contribution in [0.4, 0.5) is 13.2 Å². The predicted molar refractivity (Wildman–Crippen MR) is 62.1 cm³/mol. The molecule has 0 amide bonds. The van der Waals surface area contributed by atoms with Crippen molar-refractivity contribution >= 4 is 0 Å². The molecule has 1 saturated heterocycles. The number of benzene rings is 1. The maximum Gasteiger partial charge on any atom is 0.416 e. The second kappa shape index (κ2) is 5.71. The van der Waals surface area contributed by atoms with Gasteiger partial charge in [0.1, 0.15) is 0 Å². The monoisotopic (exact) mass is 259 g/mol. The quantitative estimate of drug-likeness (QED) is 0.901. The lowest BCUT2D eigenvalue weighted by atomic mass is 10.1. The molecule has 0 spiro atoms.